The molecule has 1 aliphatic heterocycles. The Hall–Kier alpha value is -1.03. The fourth-order valence-corrected chi connectivity index (χ4v) is 2.54. The molecule has 2 heterocycles. The number of likely N-dealkylation sites (tertiary alicyclic amines) is 1. The van der Waals surface area contributed by atoms with E-state index in [9.17, 15) is 0 Å². The average Bonchev–Trinajstić information content (AvgIpc) is 2.54. The Balaban J connectivity index is 1.89. The van der Waals surface area contributed by atoms with Crippen LogP contribution < -0.4 is 5.32 Å². The molecule has 0 unspecified atom stereocenters. The molecule has 4 nitrogen and oxygen atoms in total. The van der Waals surface area contributed by atoms with Crippen LogP contribution in [0.4, 0.5) is 5.69 Å². The van der Waals surface area contributed by atoms with Crippen molar-refractivity contribution >= 4 is 5.69 Å². The zero-order chi connectivity index (χ0) is 12.4. The Labute approximate surface area is 104 Å². The van der Waals surface area contributed by atoms with Crippen LogP contribution >= 0.6 is 0 Å². The number of anilines is 1. The lowest BCUT2D eigenvalue weighted by Crippen LogP contribution is -2.33. The molecule has 1 fully saturated rings. The molecular formula is C13H24N4. The van der Waals surface area contributed by atoms with Crippen LogP contribution in [-0.2, 0) is 7.05 Å². The molecule has 1 aromatic heterocycles. The fraction of sp³-hybridized carbons (Fsp3) is 0.769. The molecule has 0 saturated carbocycles. The standard InChI is InChI=1S/C13H24N4/c1-10-13(11(2)17(4)15-10)14-9-12-5-7-16(3)8-6-12/h12,14H,5-9H2,1-4H3. The van der Waals surface area contributed by atoms with Gasteiger partial charge in [0.1, 0.15) is 0 Å². The molecule has 17 heavy (non-hydrogen) atoms. The molecule has 0 spiro atoms. The van der Waals surface area contributed by atoms with Crippen molar-refractivity contribution < 1.29 is 0 Å². The summed E-state index contributed by atoms with van der Waals surface area (Å²) in [7, 11) is 4.21. The number of nitrogens with zero attached hydrogens (tertiary/aromatic N) is 3. The summed E-state index contributed by atoms with van der Waals surface area (Å²) in [5.74, 6) is 0.810. The molecule has 0 radical (unpaired) electrons. The zero-order valence-electron chi connectivity index (χ0n) is 11.5. The summed E-state index contributed by atoms with van der Waals surface area (Å²) in [6.45, 7) is 7.75. The Bertz CT molecular complexity index is 375. The molecule has 1 aliphatic rings. The second-order valence-electron chi connectivity index (χ2n) is 5.30. The van der Waals surface area contributed by atoms with Gasteiger partial charge in [0, 0.05) is 13.6 Å². The van der Waals surface area contributed by atoms with Crippen LogP contribution in [0.1, 0.15) is 24.2 Å². The highest BCUT2D eigenvalue weighted by molar-refractivity contribution is 5.51. The van der Waals surface area contributed by atoms with Gasteiger partial charge < -0.3 is 10.2 Å². The third-order valence-corrected chi connectivity index (χ3v) is 3.91. The number of rotatable bonds is 3. The Morgan fingerprint density at radius 1 is 1.24 bits per heavy atom. The highest BCUT2D eigenvalue weighted by atomic mass is 15.3. The summed E-state index contributed by atoms with van der Waals surface area (Å²) in [5, 5.41) is 8.02. The lowest BCUT2D eigenvalue weighted by Gasteiger charge is -2.29. The summed E-state index contributed by atoms with van der Waals surface area (Å²) >= 11 is 0. The third kappa shape index (κ3) is 2.80. The summed E-state index contributed by atoms with van der Waals surface area (Å²) in [4.78, 5) is 2.41. The van der Waals surface area contributed by atoms with Gasteiger partial charge in [0.2, 0.25) is 0 Å². The number of hydrogen-bond acceptors (Lipinski definition) is 3. The van der Waals surface area contributed by atoms with E-state index in [1.807, 2.05) is 11.7 Å². The predicted octanol–water partition coefficient (Wildman–Crippen LogP) is 1.79. The van der Waals surface area contributed by atoms with E-state index in [1.165, 1.54) is 37.3 Å². The van der Waals surface area contributed by atoms with Crippen molar-refractivity contribution in [2.75, 3.05) is 32.0 Å². The van der Waals surface area contributed by atoms with Crippen molar-refractivity contribution in [1.82, 2.24) is 14.7 Å². The van der Waals surface area contributed by atoms with Crippen LogP contribution in [-0.4, -0.2) is 41.4 Å². The minimum atomic E-state index is 0.810. The molecule has 4 heteroatoms. The van der Waals surface area contributed by atoms with Crippen LogP contribution in [0, 0.1) is 19.8 Å². The van der Waals surface area contributed by atoms with Gasteiger partial charge in [-0.1, -0.05) is 0 Å². The molecule has 2 rings (SSSR count). The highest BCUT2D eigenvalue weighted by Crippen LogP contribution is 2.21. The Kier molecular flexibility index (Phi) is 3.72. The smallest absolute Gasteiger partial charge is 0.0827 e. The Morgan fingerprint density at radius 3 is 2.41 bits per heavy atom. The van der Waals surface area contributed by atoms with Crippen molar-refractivity contribution in [3.8, 4) is 0 Å². The maximum atomic E-state index is 4.43. The Morgan fingerprint density at radius 2 is 1.88 bits per heavy atom. The molecule has 0 aromatic carbocycles. The average molecular weight is 236 g/mol. The second-order valence-corrected chi connectivity index (χ2v) is 5.30. The first-order valence-electron chi connectivity index (χ1n) is 6.50. The second kappa shape index (κ2) is 5.08. The SMILES string of the molecule is Cc1nn(C)c(C)c1NCC1CCN(C)CC1. The van der Waals surface area contributed by atoms with E-state index < -0.39 is 0 Å². The number of piperidine rings is 1. The molecule has 1 aromatic rings. The van der Waals surface area contributed by atoms with Gasteiger partial charge in [-0.25, -0.2) is 0 Å². The van der Waals surface area contributed by atoms with Gasteiger partial charge in [0.15, 0.2) is 0 Å². The fourth-order valence-electron chi connectivity index (χ4n) is 2.54. The number of hydrogen-bond donors (Lipinski definition) is 1. The molecule has 0 amide bonds. The maximum absolute atomic E-state index is 4.43. The lowest BCUT2D eigenvalue weighted by atomic mass is 9.97. The van der Waals surface area contributed by atoms with Gasteiger partial charge in [-0.15, -0.1) is 0 Å². The monoisotopic (exact) mass is 236 g/mol. The van der Waals surface area contributed by atoms with Crippen LogP contribution in [0.25, 0.3) is 0 Å². The van der Waals surface area contributed by atoms with Crippen LogP contribution in [0.3, 0.4) is 0 Å². The molecule has 0 aliphatic carbocycles. The summed E-state index contributed by atoms with van der Waals surface area (Å²) in [6, 6.07) is 0. The number of aryl methyl sites for hydroxylation is 2. The van der Waals surface area contributed by atoms with Gasteiger partial charge >= 0.3 is 0 Å². The normalized spacial score (nSPS) is 18.6. The van der Waals surface area contributed by atoms with Gasteiger partial charge in [-0.3, -0.25) is 4.68 Å². The molecule has 1 N–H and O–H groups in total. The van der Waals surface area contributed by atoms with E-state index in [0.717, 1.165) is 18.2 Å². The van der Waals surface area contributed by atoms with Gasteiger partial charge in [-0.05, 0) is 52.7 Å². The summed E-state index contributed by atoms with van der Waals surface area (Å²) in [5.41, 5.74) is 3.57. The van der Waals surface area contributed by atoms with Crippen molar-refractivity contribution in [3.63, 3.8) is 0 Å². The van der Waals surface area contributed by atoms with Crippen LogP contribution in [0.5, 0.6) is 0 Å². The minimum absolute atomic E-state index is 0.810. The van der Waals surface area contributed by atoms with Gasteiger partial charge in [-0.2, -0.15) is 5.10 Å². The molecule has 96 valence electrons. The lowest BCUT2D eigenvalue weighted by molar-refractivity contribution is 0.226. The zero-order valence-corrected chi connectivity index (χ0v) is 11.5. The largest absolute Gasteiger partial charge is 0.382 e. The van der Waals surface area contributed by atoms with Crippen molar-refractivity contribution in [2.24, 2.45) is 13.0 Å². The van der Waals surface area contributed by atoms with Crippen LogP contribution in [0.2, 0.25) is 0 Å². The molecule has 0 atom stereocenters. The van der Waals surface area contributed by atoms with Crippen molar-refractivity contribution in [3.05, 3.63) is 11.4 Å². The van der Waals surface area contributed by atoms with E-state index in [2.05, 4.69) is 36.2 Å². The predicted molar refractivity (Wildman–Crippen MR) is 71.4 cm³/mol. The first kappa shape index (κ1) is 12.4. The quantitative estimate of drug-likeness (QED) is 0.868. The van der Waals surface area contributed by atoms with Crippen molar-refractivity contribution in [1.29, 1.82) is 0 Å². The first-order chi connectivity index (χ1) is 8.08. The summed E-state index contributed by atoms with van der Waals surface area (Å²) < 4.78 is 1.95. The minimum Gasteiger partial charge on any atom is -0.382 e. The number of nitrogens with one attached hydrogen (secondary N) is 1. The molecule has 0 bridgehead atoms. The van der Waals surface area contributed by atoms with Crippen molar-refractivity contribution in [2.45, 2.75) is 26.7 Å². The molecule has 1 saturated heterocycles. The van der Waals surface area contributed by atoms with Crippen LogP contribution in [0.15, 0.2) is 0 Å². The highest BCUT2D eigenvalue weighted by Gasteiger charge is 2.17. The van der Waals surface area contributed by atoms with E-state index in [-0.39, 0.29) is 0 Å². The molecular weight excluding hydrogens is 212 g/mol. The van der Waals surface area contributed by atoms with Gasteiger partial charge in [0.05, 0.1) is 17.1 Å². The topological polar surface area (TPSA) is 33.1 Å². The third-order valence-electron chi connectivity index (χ3n) is 3.91. The first-order valence-corrected chi connectivity index (χ1v) is 6.50. The maximum Gasteiger partial charge on any atom is 0.0827 e. The van der Waals surface area contributed by atoms with E-state index >= 15 is 0 Å². The number of aromatic nitrogens is 2. The van der Waals surface area contributed by atoms with E-state index in [1.54, 1.807) is 0 Å². The van der Waals surface area contributed by atoms with E-state index in [4.69, 9.17) is 0 Å². The van der Waals surface area contributed by atoms with E-state index in [0.29, 0.717) is 0 Å². The summed E-state index contributed by atoms with van der Waals surface area (Å²) in [6.07, 6.45) is 2.61. The van der Waals surface area contributed by atoms with Gasteiger partial charge in [0.25, 0.3) is 0 Å².